The highest BCUT2D eigenvalue weighted by molar-refractivity contribution is 6.84. The van der Waals surface area contributed by atoms with Crippen molar-refractivity contribution in [1.29, 1.82) is 0 Å². The molecule has 3 rings (SSSR count). The summed E-state index contributed by atoms with van der Waals surface area (Å²) in [7, 11) is -5.51. The quantitative estimate of drug-likeness (QED) is 0.491. The van der Waals surface area contributed by atoms with Crippen molar-refractivity contribution in [3.05, 3.63) is 33.1 Å². The smallest absolute Gasteiger partial charge is 0.335 e. The number of fused-ring (bicyclic) bond motifs is 1. The second-order valence-corrected chi connectivity index (χ2v) is 20.7. The Kier molecular flexibility index (Phi) is 8.45. The predicted octanol–water partition coefficient (Wildman–Crippen LogP) is 5.20. The van der Waals surface area contributed by atoms with Gasteiger partial charge in [0.2, 0.25) is 0 Å². The Balaban J connectivity index is 2.20. The number of nitrogens with zero attached hydrogens (tertiary/aromatic N) is 1. The topological polar surface area (TPSA) is 91.8 Å². The number of hydrogen-bond acceptors (Lipinski definition) is 6. The van der Waals surface area contributed by atoms with Crippen molar-refractivity contribution in [2.24, 2.45) is 5.41 Å². The van der Waals surface area contributed by atoms with Gasteiger partial charge in [0.15, 0.2) is 0 Å². The summed E-state index contributed by atoms with van der Waals surface area (Å²) in [6.45, 7) is 22.3. The molecule has 0 aromatic carbocycles. The molecule has 10 heteroatoms. The summed E-state index contributed by atoms with van der Waals surface area (Å²) in [5.74, 6) is 0. The van der Waals surface area contributed by atoms with Crippen LogP contribution in [0.1, 0.15) is 88.3 Å². The van der Waals surface area contributed by atoms with Gasteiger partial charge in [0.1, 0.15) is 12.3 Å². The first-order chi connectivity index (χ1) is 16.2. The van der Waals surface area contributed by atoms with E-state index in [0.29, 0.717) is 6.61 Å². The Bertz CT molecular complexity index is 975. The summed E-state index contributed by atoms with van der Waals surface area (Å²) < 4.78 is 29.7. The van der Waals surface area contributed by atoms with Gasteiger partial charge in [-0.05, 0) is 28.6 Å². The molecule has 2 aliphatic heterocycles. The summed E-state index contributed by atoms with van der Waals surface area (Å²) in [6.07, 6.45) is 2.01. The van der Waals surface area contributed by atoms with Crippen LogP contribution < -0.4 is 11.2 Å². The fourth-order valence-corrected chi connectivity index (χ4v) is 17.5. The van der Waals surface area contributed by atoms with Crippen LogP contribution in [-0.2, 0) is 17.7 Å². The van der Waals surface area contributed by atoms with Gasteiger partial charge in [0.05, 0.1) is 12.7 Å². The fourth-order valence-electron chi connectivity index (χ4n) is 6.22. The lowest BCUT2D eigenvalue weighted by molar-refractivity contribution is -0.0607. The van der Waals surface area contributed by atoms with Gasteiger partial charge in [0.25, 0.3) is 5.56 Å². The van der Waals surface area contributed by atoms with E-state index in [-0.39, 0.29) is 34.4 Å². The molecular formula is C25H46N2O6Si2. The molecule has 0 bridgehead atoms. The normalized spacial score (nSPS) is 30.6. The molecule has 4 atom stereocenters. The zero-order valence-electron chi connectivity index (χ0n) is 23.2. The lowest BCUT2D eigenvalue weighted by Crippen LogP contribution is -2.66. The number of nitrogens with one attached hydrogen (secondary N) is 1. The molecule has 0 radical (unpaired) electrons. The minimum absolute atomic E-state index is 0.204. The van der Waals surface area contributed by atoms with E-state index in [1.165, 1.54) is 16.8 Å². The van der Waals surface area contributed by atoms with Crippen LogP contribution in [0.15, 0.2) is 21.9 Å². The molecule has 0 saturated carbocycles. The van der Waals surface area contributed by atoms with Gasteiger partial charge in [0, 0.05) is 17.7 Å². The van der Waals surface area contributed by atoms with Crippen molar-refractivity contribution in [2.75, 3.05) is 6.61 Å². The van der Waals surface area contributed by atoms with E-state index < -0.39 is 40.0 Å². The predicted molar refractivity (Wildman–Crippen MR) is 142 cm³/mol. The maximum Gasteiger partial charge on any atom is 0.335 e. The lowest BCUT2D eigenvalue weighted by Gasteiger charge is -2.52. The SMILES string of the molecule is CCC[C@@]1(C)[C@@H]2O[Si](C(C)C)(C(C)C)O[Si](C(C)C)(C(C)C)OC[C@H]2O[C@H]1n1ccc(=O)[nH]c1=O. The van der Waals surface area contributed by atoms with Crippen molar-refractivity contribution in [3.63, 3.8) is 0 Å². The van der Waals surface area contributed by atoms with Gasteiger partial charge in [-0.15, -0.1) is 0 Å². The second kappa shape index (κ2) is 10.4. The Morgan fingerprint density at radius 1 is 1.03 bits per heavy atom. The summed E-state index contributed by atoms with van der Waals surface area (Å²) >= 11 is 0. The van der Waals surface area contributed by atoms with Gasteiger partial charge in [-0.2, -0.15) is 0 Å². The minimum atomic E-state index is -2.83. The van der Waals surface area contributed by atoms with E-state index in [0.717, 1.165) is 12.8 Å². The Morgan fingerprint density at radius 2 is 1.60 bits per heavy atom. The fraction of sp³-hybridized carbons (Fsp3) is 0.840. The average molecular weight is 527 g/mol. The molecule has 1 N–H and O–H groups in total. The highest BCUT2D eigenvalue weighted by atomic mass is 28.5. The molecule has 35 heavy (non-hydrogen) atoms. The third-order valence-corrected chi connectivity index (χ3v) is 18.3. The molecule has 1 aromatic heterocycles. The maximum absolute atomic E-state index is 12.8. The van der Waals surface area contributed by atoms with Crippen molar-refractivity contribution < 1.29 is 17.7 Å². The molecule has 0 aliphatic carbocycles. The molecule has 2 fully saturated rings. The van der Waals surface area contributed by atoms with E-state index in [1.807, 2.05) is 0 Å². The Hall–Kier alpha value is -1.05. The highest BCUT2D eigenvalue weighted by Gasteiger charge is 2.64. The number of aromatic nitrogens is 2. The average Bonchev–Trinajstić information content (AvgIpc) is 2.98. The van der Waals surface area contributed by atoms with Gasteiger partial charge in [-0.25, -0.2) is 4.79 Å². The highest BCUT2D eigenvalue weighted by Crippen LogP contribution is 2.54. The summed E-state index contributed by atoms with van der Waals surface area (Å²) in [6, 6.07) is 1.37. The largest absolute Gasteiger partial charge is 0.414 e. The number of ether oxygens (including phenoxy) is 1. The van der Waals surface area contributed by atoms with Crippen molar-refractivity contribution >= 4 is 17.1 Å². The first-order valence-corrected chi connectivity index (χ1v) is 17.2. The number of hydrogen-bond donors (Lipinski definition) is 1. The van der Waals surface area contributed by atoms with Gasteiger partial charge in [-0.3, -0.25) is 14.3 Å². The third-order valence-electron chi connectivity index (χ3n) is 8.07. The molecule has 0 unspecified atom stereocenters. The van der Waals surface area contributed by atoms with Crippen LogP contribution in [0, 0.1) is 5.41 Å². The third kappa shape index (κ3) is 4.82. The summed E-state index contributed by atoms with van der Waals surface area (Å²) in [5, 5.41) is 0. The zero-order valence-corrected chi connectivity index (χ0v) is 25.2. The molecule has 0 spiro atoms. The van der Waals surface area contributed by atoms with E-state index in [1.54, 1.807) is 0 Å². The molecular weight excluding hydrogens is 480 g/mol. The number of H-pyrrole nitrogens is 1. The maximum atomic E-state index is 12.8. The molecule has 3 heterocycles. The molecule has 2 aliphatic rings. The Labute approximate surface area is 212 Å². The van der Waals surface area contributed by atoms with Crippen LogP contribution in [-0.4, -0.2) is 45.5 Å². The van der Waals surface area contributed by atoms with E-state index in [4.69, 9.17) is 17.7 Å². The summed E-state index contributed by atoms with van der Waals surface area (Å²) in [5.41, 5.74) is -0.504. The van der Waals surface area contributed by atoms with Gasteiger partial charge >= 0.3 is 22.8 Å². The lowest BCUT2D eigenvalue weighted by atomic mass is 9.78. The van der Waals surface area contributed by atoms with Gasteiger partial charge in [-0.1, -0.05) is 75.7 Å². The summed E-state index contributed by atoms with van der Waals surface area (Å²) in [4.78, 5) is 27.0. The van der Waals surface area contributed by atoms with Crippen LogP contribution >= 0.6 is 0 Å². The van der Waals surface area contributed by atoms with E-state index in [2.05, 4.69) is 74.2 Å². The molecule has 8 nitrogen and oxygen atoms in total. The minimum Gasteiger partial charge on any atom is -0.414 e. The van der Waals surface area contributed by atoms with Crippen LogP contribution in [0.4, 0.5) is 0 Å². The van der Waals surface area contributed by atoms with Crippen molar-refractivity contribution in [1.82, 2.24) is 9.55 Å². The van der Waals surface area contributed by atoms with E-state index in [9.17, 15) is 9.59 Å². The van der Waals surface area contributed by atoms with Crippen LogP contribution in [0.2, 0.25) is 22.2 Å². The molecule has 2 saturated heterocycles. The van der Waals surface area contributed by atoms with Crippen molar-refractivity contribution in [2.45, 2.75) is 123 Å². The first kappa shape index (κ1) is 28.5. The standard InChI is InChI=1S/C25H46N2O6Si2/c1-11-13-25(10)22-20(31-23(25)27-14-12-21(28)26-24(27)29)15-30-34(16(2)3,17(4)5)33-35(32-22,18(6)7)19(8)9/h12,14,16-20,22-23H,11,13,15H2,1-10H3,(H,26,28,29)/t20-,22-,23-,25+/m1/s1. The van der Waals surface area contributed by atoms with Gasteiger partial charge < -0.3 is 17.7 Å². The van der Waals surface area contributed by atoms with E-state index >= 15 is 0 Å². The second-order valence-electron chi connectivity index (χ2n) is 11.8. The molecule has 0 amide bonds. The first-order valence-electron chi connectivity index (χ1n) is 13.2. The van der Waals surface area contributed by atoms with Crippen LogP contribution in [0.25, 0.3) is 0 Å². The number of aromatic amines is 1. The van der Waals surface area contributed by atoms with Crippen LogP contribution in [0.3, 0.4) is 0 Å². The monoisotopic (exact) mass is 526 g/mol. The molecule has 1 aromatic rings. The number of rotatable bonds is 7. The van der Waals surface area contributed by atoms with Crippen LogP contribution in [0.5, 0.6) is 0 Å². The van der Waals surface area contributed by atoms with Crippen molar-refractivity contribution in [3.8, 4) is 0 Å². The zero-order chi connectivity index (χ0) is 26.3. The Morgan fingerprint density at radius 3 is 2.09 bits per heavy atom. The molecule has 200 valence electrons.